The Morgan fingerprint density at radius 1 is 1.26 bits per heavy atom. The highest BCUT2D eigenvalue weighted by molar-refractivity contribution is 6.31. The number of carbonyl (C=O) groups is 1. The Labute approximate surface area is 162 Å². The first-order chi connectivity index (χ1) is 13.2. The van der Waals surface area contributed by atoms with Crippen molar-refractivity contribution in [1.82, 2.24) is 10.2 Å². The molecule has 0 saturated carbocycles. The minimum atomic E-state index is -0.149. The Balaban J connectivity index is 1.75. The number of hydrogen-bond acceptors (Lipinski definition) is 4. The van der Waals surface area contributed by atoms with Gasteiger partial charge in [0.2, 0.25) is 0 Å². The van der Waals surface area contributed by atoms with Crippen molar-refractivity contribution in [1.29, 1.82) is 0 Å². The summed E-state index contributed by atoms with van der Waals surface area (Å²) >= 11 is 6.41. The van der Waals surface area contributed by atoms with Crippen molar-refractivity contribution in [2.45, 2.75) is 12.6 Å². The van der Waals surface area contributed by atoms with Crippen molar-refractivity contribution >= 4 is 28.5 Å². The predicted octanol–water partition coefficient (Wildman–Crippen LogP) is 4.02. The van der Waals surface area contributed by atoms with E-state index in [0.717, 1.165) is 23.1 Å². The summed E-state index contributed by atoms with van der Waals surface area (Å²) in [6, 6.07) is 15.2. The number of hydrogen-bond donors (Lipinski definition) is 1. The lowest BCUT2D eigenvalue weighted by Crippen LogP contribution is -2.48. The fourth-order valence-corrected chi connectivity index (χ4v) is 3.92. The van der Waals surface area contributed by atoms with Crippen molar-refractivity contribution < 1.29 is 13.9 Å². The minimum Gasteiger partial charge on any atom is -0.451 e. The maximum absolute atomic E-state index is 13.5. The third kappa shape index (κ3) is 3.34. The van der Waals surface area contributed by atoms with Crippen molar-refractivity contribution in [2.75, 3.05) is 26.7 Å². The van der Waals surface area contributed by atoms with Gasteiger partial charge >= 0.3 is 0 Å². The number of ether oxygens (including phenoxy) is 1. The standard InChI is InChI=1S/C21H21ClN2O3/c1-26-13-16-14-6-3-5-9-19(14)27-20(16)21(25)24-11-10-23-12-18(24)15-7-2-4-8-17(15)22/h2-9,18,23H,10-13H2,1H3. The van der Waals surface area contributed by atoms with Crippen LogP contribution in [0.3, 0.4) is 0 Å². The van der Waals surface area contributed by atoms with E-state index in [1.54, 1.807) is 7.11 Å². The van der Waals surface area contributed by atoms with E-state index in [2.05, 4.69) is 5.32 Å². The number of fused-ring (bicyclic) bond motifs is 1. The molecule has 140 valence electrons. The molecule has 27 heavy (non-hydrogen) atoms. The van der Waals surface area contributed by atoms with E-state index >= 15 is 0 Å². The summed E-state index contributed by atoms with van der Waals surface area (Å²) in [7, 11) is 1.62. The van der Waals surface area contributed by atoms with E-state index in [9.17, 15) is 4.79 Å². The van der Waals surface area contributed by atoms with Gasteiger partial charge in [0.1, 0.15) is 5.58 Å². The van der Waals surface area contributed by atoms with E-state index in [4.69, 9.17) is 20.8 Å². The third-order valence-corrected chi connectivity index (χ3v) is 5.29. The van der Waals surface area contributed by atoms with Crippen LogP contribution in [0.25, 0.3) is 11.0 Å². The predicted molar refractivity (Wildman–Crippen MR) is 105 cm³/mol. The van der Waals surface area contributed by atoms with Crippen LogP contribution in [-0.2, 0) is 11.3 Å². The second-order valence-electron chi connectivity index (χ2n) is 6.58. The van der Waals surface area contributed by atoms with Crippen LogP contribution in [0.5, 0.6) is 0 Å². The van der Waals surface area contributed by atoms with Gasteiger partial charge in [-0.25, -0.2) is 0 Å². The van der Waals surface area contributed by atoms with Crippen LogP contribution in [0.2, 0.25) is 5.02 Å². The van der Waals surface area contributed by atoms with Gasteiger partial charge in [0.25, 0.3) is 5.91 Å². The summed E-state index contributed by atoms with van der Waals surface area (Å²) in [4.78, 5) is 15.3. The fourth-order valence-electron chi connectivity index (χ4n) is 3.66. The molecule has 1 aromatic heterocycles. The number of amides is 1. The summed E-state index contributed by atoms with van der Waals surface area (Å²) in [6.45, 7) is 2.28. The summed E-state index contributed by atoms with van der Waals surface area (Å²) in [5.74, 6) is 0.210. The van der Waals surface area contributed by atoms with E-state index < -0.39 is 0 Å². The van der Waals surface area contributed by atoms with Crippen LogP contribution < -0.4 is 5.32 Å². The molecule has 5 nitrogen and oxygen atoms in total. The average Bonchev–Trinajstić information content (AvgIpc) is 3.07. The first kappa shape index (κ1) is 18.0. The zero-order chi connectivity index (χ0) is 18.8. The molecule has 0 bridgehead atoms. The molecule has 1 amide bonds. The Morgan fingerprint density at radius 3 is 2.85 bits per heavy atom. The van der Waals surface area contributed by atoms with Gasteiger partial charge in [0, 0.05) is 42.7 Å². The molecule has 2 heterocycles. The molecule has 0 aliphatic carbocycles. The van der Waals surface area contributed by atoms with Crippen molar-refractivity contribution in [2.24, 2.45) is 0 Å². The van der Waals surface area contributed by atoms with Gasteiger partial charge in [-0.3, -0.25) is 4.79 Å². The fraction of sp³-hybridized carbons (Fsp3) is 0.286. The topological polar surface area (TPSA) is 54.7 Å². The molecule has 2 aromatic carbocycles. The first-order valence-corrected chi connectivity index (χ1v) is 9.34. The number of furan rings is 1. The maximum atomic E-state index is 13.5. The second kappa shape index (κ2) is 7.72. The molecule has 1 atom stereocenters. The largest absolute Gasteiger partial charge is 0.451 e. The SMILES string of the molecule is COCc1c(C(=O)N2CCNCC2c2ccccc2Cl)oc2ccccc12. The average molecular weight is 385 g/mol. The minimum absolute atomic E-state index is 0.135. The lowest BCUT2D eigenvalue weighted by Gasteiger charge is -2.36. The smallest absolute Gasteiger partial charge is 0.290 e. The van der Waals surface area contributed by atoms with Crippen LogP contribution in [0, 0.1) is 0 Å². The van der Waals surface area contributed by atoms with Crippen LogP contribution in [0.15, 0.2) is 52.9 Å². The number of carbonyl (C=O) groups excluding carboxylic acids is 1. The Bertz CT molecular complexity index is 969. The Morgan fingerprint density at radius 2 is 2.04 bits per heavy atom. The van der Waals surface area contributed by atoms with E-state index in [0.29, 0.717) is 36.1 Å². The second-order valence-corrected chi connectivity index (χ2v) is 6.99. The number of para-hydroxylation sites is 1. The first-order valence-electron chi connectivity index (χ1n) is 8.96. The molecule has 0 radical (unpaired) electrons. The Hall–Kier alpha value is -2.34. The number of nitrogens with zero attached hydrogens (tertiary/aromatic N) is 1. The third-order valence-electron chi connectivity index (χ3n) is 4.95. The lowest BCUT2D eigenvalue weighted by molar-refractivity contribution is 0.0598. The monoisotopic (exact) mass is 384 g/mol. The van der Waals surface area contributed by atoms with Crippen molar-refractivity contribution in [3.8, 4) is 0 Å². The molecule has 0 spiro atoms. The Kier molecular flexibility index (Phi) is 5.16. The lowest BCUT2D eigenvalue weighted by atomic mass is 10.0. The van der Waals surface area contributed by atoms with Crippen LogP contribution in [0.4, 0.5) is 0 Å². The van der Waals surface area contributed by atoms with Gasteiger partial charge in [-0.05, 0) is 17.7 Å². The molecule has 1 aliphatic heterocycles. The van der Waals surface area contributed by atoms with E-state index in [1.807, 2.05) is 53.4 Å². The summed E-state index contributed by atoms with van der Waals surface area (Å²) in [5, 5.41) is 4.92. The highest BCUT2D eigenvalue weighted by atomic mass is 35.5. The number of piperazine rings is 1. The summed E-state index contributed by atoms with van der Waals surface area (Å²) in [5.41, 5.74) is 2.41. The van der Waals surface area contributed by atoms with Crippen LogP contribution >= 0.6 is 11.6 Å². The van der Waals surface area contributed by atoms with Crippen LogP contribution in [0.1, 0.15) is 27.7 Å². The van der Waals surface area contributed by atoms with Crippen LogP contribution in [-0.4, -0.2) is 37.6 Å². The summed E-state index contributed by atoms with van der Waals surface area (Å²) < 4.78 is 11.3. The molecular formula is C21H21ClN2O3. The number of halogens is 1. The van der Waals surface area contributed by atoms with Gasteiger partial charge in [0.15, 0.2) is 5.76 Å². The van der Waals surface area contributed by atoms with Gasteiger partial charge in [-0.15, -0.1) is 0 Å². The zero-order valence-electron chi connectivity index (χ0n) is 15.1. The van der Waals surface area contributed by atoms with Crippen molar-refractivity contribution in [3.05, 3.63) is 70.4 Å². The molecule has 1 aliphatic rings. The quantitative estimate of drug-likeness (QED) is 0.738. The van der Waals surface area contributed by atoms with Gasteiger partial charge in [-0.2, -0.15) is 0 Å². The zero-order valence-corrected chi connectivity index (χ0v) is 15.8. The van der Waals surface area contributed by atoms with E-state index in [1.165, 1.54) is 0 Å². The molecule has 1 unspecified atom stereocenters. The summed E-state index contributed by atoms with van der Waals surface area (Å²) in [6.07, 6.45) is 0. The normalized spacial score (nSPS) is 17.4. The number of nitrogens with one attached hydrogen (secondary N) is 1. The van der Waals surface area contributed by atoms with Gasteiger partial charge in [0.05, 0.1) is 12.6 Å². The molecule has 4 rings (SSSR count). The number of benzene rings is 2. The maximum Gasteiger partial charge on any atom is 0.290 e. The number of rotatable bonds is 4. The van der Waals surface area contributed by atoms with Gasteiger partial charge < -0.3 is 19.4 Å². The highest BCUT2D eigenvalue weighted by Gasteiger charge is 2.33. The number of methoxy groups -OCH3 is 1. The molecule has 1 N–H and O–H groups in total. The van der Waals surface area contributed by atoms with Crippen molar-refractivity contribution in [3.63, 3.8) is 0 Å². The molecule has 3 aromatic rings. The van der Waals surface area contributed by atoms with Gasteiger partial charge in [-0.1, -0.05) is 48.0 Å². The van der Waals surface area contributed by atoms with E-state index in [-0.39, 0.29) is 11.9 Å². The molecule has 1 fully saturated rings. The molecular weight excluding hydrogens is 364 g/mol. The molecule has 6 heteroatoms. The molecule has 1 saturated heterocycles. The highest BCUT2D eigenvalue weighted by Crippen LogP contribution is 2.33.